The highest BCUT2D eigenvalue weighted by Gasteiger charge is 2.16. The van der Waals surface area contributed by atoms with Crippen LogP contribution in [0.5, 0.6) is 0 Å². The molecule has 0 saturated heterocycles. The van der Waals surface area contributed by atoms with E-state index in [0.717, 1.165) is 18.9 Å². The lowest BCUT2D eigenvalue weighted by molar-refractivity contribution is 0.0132. The van der Waals surface area contributed by atoms with Gasteiger partial charge in [0.05, 0.1) is 5.60 Å². The Labute approximate surface area is 109 Å². The lowest BCUT2D eigenvalue weighted by Crippen LogP contribution is -2.34. The summed E-state index contributed by atoms with van der Waals surface area (Å²) in [5, 5.41) is 3.65. The topological polar surface area (TPSA) is 21.3 Å². The van der Waals surface area contributed by atoms with Gasteiger partial charge in [0, 0.05) is 13.2 Å². The van der Waals surface area contributed by atoms with Crippen LogP contribution in [-0.2, 0) is 4.74 Å². The summed E-state index contributed by atoms with van der Waals surface area (Å²) in [6.45, 7) is 12.3. The molecule has 0 aromatic carbocycles. The maximum atomic E-state index is 5.44. The van der Waals surface area contributed by atoms with Crippen molar-refractivity contribution in [2.24, 2.45) is 5.92 Å². The molecule has 2 heteroatoms. The maximum Gasteiger partial charge on any atom is 0.0622 e. The molecule has 17 heavy (non-hydrogen) atoms. The molecule has 0 aliphatic carbocycles. The van der Waals surface area contributed by atoms with Gasteiger partial charge >= 0.3 is 0 Å². The summed E-state index contributed by atoms with van der Waals surface area (Å²) >= 11 is 0. The van der Waals surface area contributed by atoms with E-state index in [4.69, 9.17) is 4.74 Å². The minimum absolute atomic E-state index is 0.0458. The standard InChI is InChI=1S/C15H33NO/c1-7-12-16-14(13(2)3)10-8-9-11-15(4,5)17-6/h13-14,16H,7-12H2,1-6H3. The van der Waals surface area contributed by atoms with E-state index >= 15 is 0 Å². The highest BCUT2D eigenvalue weighted by Crippen LogP contribution is 2.19. The van der Waals surface area contributed by atoms with Crippen LogP contribution in [0.15, 0.2) is 0 Å². The molecule has 1 N–H and O–H groups in total. The van der Waals surface area contributed by atoms with Gasteiger partial charge in [0.1, 0.15) is 0 Å². The van der Waals surface area contributed by atoms with Crippen LogP contribution in [0.1, 0.15) is 66.7 Å². The first-order valence-corrected chi connectivity index (χ1v) is 7.21. The van der Waals surface area contributed by atoms with E-state index < -0.39 is 0 Å². The monoisotopic (exact) mass is 243 g/mol. The Bertz CT molecular complexity index is 178. The Hall–Kier alpha value is -0.0800. The molecule has 1 atom stereocenters. The van der Waals surface area contributed by atoms with Crippen molar-refractivity contribution in [1.29, 1.82) is 0 Å². The molecule has 0 rings (SSSR count). The largest absolute Gasteiger partial charge is 0.379 e. The number of methoxy groups -OCH3 is 1. The summed E-state index contributed by atoms with van der Waals surface area (Å²) in [6, 6.07) is 0.681. The molecular weight excluding hydrogens is 210 g/mol. The SMILES string of the molecule is CCCNC(CCCCC(C)(C)OC)C(C)C. The molecule has 104 valence electrons. The number of nitrogens with one attached hydrogen (secondary N) is 1. The van der Waals surface area contributed by atoms with Crippen molar-refractivity contribution in [3.63, 3.8) is 0 Å². The zero-order chi connectivity index (χ0) is 13.3. The predicted octanol–water partition coefficient (Wildman–Crippen LogP) is 4.00. The van der Waals surface area contributed by atoms with Gasteiger partial charge in [0.15, 0.2) is 0 Å². The van der Waals surface area contributed by atoms with Crippen molar-refractivity contribution >= 4 is 0 Å². The van der Waals surface area contributed by atoms with E-state index in [2.05, 4.69) is 39.9 Å². The van der Waals surface area contributed by atoms with Crippen LogP contribution < -0.4 is 5.32 Å². The summed E-state index contributed by atoms with van der Waals surface area (Å²) in [7, 11) is 1.81. The van der Waals surface area contributed by atoms with Crippen molar-refractivity contribution in [3.8, 4) is 0 Å². The highest BCUT2D eigenvalue weighted by atomic mass is 16.5. The predicted molar refractivity (Wildman–Crippen MR) is 76.5 cm³/mol. The van der Waals surface area contributed by atoms with E-state index in [1.54, 1.807) is 7.11 Å². The summed E-state index contributed by atoms with van der Waals surface area (Å²) in [4.78, 5) is 0. The average molecular weight is 243 g/mol. The Balaban J connectivity index is 3.75. The van der Waals surface area contributed by atoms with E-state index in [1.807, 2.05) is 0 Å². The molecule has 1 unspecified atom stereocenters. The van der Waals surface area contributed by atoms with Gasteiger partial charge in [-0.05, 0) is 45.6 Å². The van der Waals surface area contributed by atoms with Crippen LogP contribution in [0.3, 0.4) is 0 Å². The van der Waals surface area contributed by atoms with Crippen molar-refractivity contribution in [1.82, 2.24) is 5.32 Å². The molecule has 0 bridgehead atoms. The molecule has 0 aromatic heterocycles. The van der Waals surface area contributed by atoms with Gasteiger partial charge < -0.3 is 10.1 Å². The fourth-order valence-corrected chi connectivity index (χ4v) is 2.02. The van der Waals surface area contributed by atoms with E-state index in [1.165, 1.54) is 25.7 Å². The minimum atomic E-state index is 0.0458. The normalized spacial score (nSPS) is 14.3. The first-order chi connectivity index (χ1) is 7.93. The van der Waals surface area contributed by atoms with Gasteiger partial charge in [0.2, 0.25) is 0 Å². The second-order valence-electron chi connectivity index (χ2n) is 6.01. The fourth-order valence-electron chi connectivity index (χ4n) is 2.02. The zero-order valence-corrected chi connectivity index (χ0v) is 12.8. The summed E-state index contributed by atoms with van der Waals surface area (Å²) < 4.78 is 5.44. The minimum Gasteiger partial charge on any atom is -0.379 e. The summed E-state index contributed by atoms with van der Waals surface area (Å²) in [5.41, 5.74) is 0.0458. The Kier molecular flexibility index (Phi) is 8.89. The van der Waals surface area contributed by atoms with Crippen LogP contribution in [-0.4, -0.2) is 25.3 Å². The number of hydrogen-bond donors (Lipinski definition) is 1. The third kappa shape index (κ3) is 8.62. The Morgan fingerprint density at radius 3 is 2.29 bits per heavy atom. The molecule has 0 spiro atoms. The van der Waals surface area contributed by atoms with E-state index in [0.29, 0.717) is 6.04 Å². The van der Waals surface area contributed by atoms with Gasteiger partial charge in [0.25, 0.3) is 0 Å². The van der Waals surface area contributed by atoms with Crippen molar-refractivity contribution < 1.29 is 4.74 Å². The molecule has 0 radical (unpaired) electrons. The average Bonchev–Trinajstić information content (AvgIpc) is 2.27. The lowest BCUT2D eigenvalue weighted by atomic mass is 9.95. The molecule has 0 heterocycles. The molecule has 0 amide bonds. The molecule has 0 aromatic rings. The van der Waals surface area contributed by atoms with Crippen LogP contribution in [0.4, 0.5) is 0 Å². The van der Waals surface area contributed by atoms with Gasteiger partial charge in [-0.25, -0.2) is 0 Å². The van der Waals surface area contributed by atoms with E-state index in [-0.39, 0.29) is 5.60 Å². The van der Waals surface area contributed by atoms with Crippen molar-refractivity contribution in [3.05, 3.63) is 0 Å². The number of unbranched alkanes of at least 4 members (excludes halogenated alkanes) is 1. The van der Waals surface area contributed by atoms with Crippen LogP contribution in [0.25, 0.3) is 0 Å². The van der Waals surface area contributed by atoms with Gasteiger partial charge in [-0.15, -0.1) is 0 Å². The zero-order valence-electron chi connectivity index (χ0n) is 12.8. The maximum absolute atomic E-state index is 5.44. The van der Waals surface area contributed by atoms with Gasteiger partial charge in [-0.3, -0.25) is 0 Å². The number of hydrogen-bond acceptors (Lipinski definition) is 2. The first-order valence-electron chi connectivity index (χ1n) is 7.21. The first kappa shape index (κ1) is 16.9. The lowest BCUT2D eigenvalue weighted by Gasteiger charge is -2.25. The fraction of sp³-hybridized carbons (Fsp3) is 1.00. The summed E-state index contributed by atoms with van der Waals surface area (Å²) in [5.74, 6) is 0.733. The molecule has 0 aliphatic rings. The molecular formula is C15H33NO. The molecule has 2 nitrogen and oxygen atoms in total. The van der Waals surface area contributed by atoms with Crippen LogP contribution in [0, 0.1) is 5.92 Å². The second-order valence-corrected chi connectivity index (χ2v) is 6.01. The highest BCUT2D eigenvalue weighted by molar-refractivity contribution is 4.72. The Morgan fingerprint density at radius 1 is 1.18 bits per heavy atom. The number of rotatable bonds is 10. The smallest absolute Gasteiger partial charge is 0.0622 e. The summed E-state index contributed by atoms with van der Waals surface area (Å²) in [6.07, 6.45) is 6.23. The molecule has 0 aliphatic heterocycles. The van der Waals surface area contributed by atoms with E-state index in [9.17, 15) is 0 Å². The van der Waals surface area contributed by atoms with Crippen molar-refractivity contribution in [2.75, 3.05) is 13.7 Å². The Morgan fingerprint density at radius 2 is 1.82 bits per heavy atom. The van der Waals surface area contributed by atoms with Crippen LogP contribution >= 0.6 is 0 Å². The van der Waals surface area contributed by atoms with Crippen LogP contribution in [0.2, 0.25) is 0 Å². The molecule has 0 saturated carbocycles. The van der Waals surface area contributed by atoms with Gasteiger partial charge in [-0.1, -0.05) is 33.6 Å². The third-order valence-corrected chi connectivity index (χ3v) is 3.56. The third-order valence-electron chi connectivity index (χ3n) is 3.56. The van der Waals surface area contributed by atoms with Crippen molar-refractivity contribution in [2.45, 2.75) is 78.4 Å². The molecule has 0 fully saturated rings. The quantitative estimate of drug-likeness (QED) is 0.586. The second kappa shape index (κ2) is 8.93. The van der Waals surface area contributed by atoms with Gasteiger partial charge in [-0.2, -0.15) is 0 Å². The number of ether oxygens (including phenoxy) is 1.